The summed E-state index contributed by atoms with van der Waals surface area (Å²) in [7, 11) is 0. The van der Waals surface area contributed by atoms with Gasteiger partial charge in [0.1, 0.15) is 0 Å². The molecule has 0 atom stereocenters. The highest BCUT2D eigenvalue weighted by Crippen LogP contribution is 1.98. The van der Waals surface area contributed by atoms with Crippen LogP contribution < -0.4 is 10.9 Å². The summed E-state index contributed by atoms with van der Waals surface area (Å²) in [6.45, 7) is 0. The van der Waals surface area contributed by atoms with Crippen LogP contribution in [-0.2, 0) is 0 Å². The lowest BCUT2D eigenvalue weighted by Gasteiger charge is -2.04. The van der Waals surface area contributed by atoms with E-state index in [2.05, 4.69) is 9.98 Å². The predicted molar refractivity (Wildman–Crippen MR) is 44.6 cm³/mol. The number of aromatic nitrogens is 2. The van der Waals surface area contributed by atoms with Crippen LogP contribution in [0.3, 0.4) is 0 Å². The van der Waals surface area contributed by atoms with E-state index in [9.17, 15) is 14.8 Å². The first kappa shape index (κ1) is 10.5. The largest absolute Gasteiger partial charge is 0.465 e. The Morgan fingerprint density at radius 2 is 2.13 bits per heavy atom. The molecule has 9 heteroatoms. The fourth-order valence-electron chi connectivity index (χ4n) is 0.774. The van der Waals surface area contributed by atoms with Gasteiger partial charge in [-0.05, 0) is 0 Å². The molecule has 0 fully saturated rings. The molecule has 1 aromatic heterocycles. The molecule has 9 nitrogen and oxygen atoms in total. The van der Waals surface area contributed by atoms with Gasteiger partial charge in [0, 0.05) is 12.3 Å². The van der Waals surface area contributed by atoms with Crippen molar-refractivity contribution in [3.05, 3.63) is 17.9 Å². The van der Waals surface area contributed by atoms with Crippen LogP contribution in [0.15, 0.2) is 17.3 Å². The van der Waals surface area contributed by atoms with E-state index in [0.717, 1.165) is 12.3 Å². The third kappa shape index (κ3) is 2.69. The van der Waals surface area contributed by atoms with Crippen LogP contribution in [0.25, 0.3) is 0 Å². The Labute approximate surface area is 81.9 Å². The molecule has 0 aliphatic rings. The maximum Gasteiger partial charge on any atom is 0.434 e. The van der Waals surface area contributed by atoms with Crippen LogP contribution in [-0.4, -0.2) is 37.3 Å². The molecule has 1 rings (SSSR count). The Balaban J connectivity index is 3.23. The second-order valence-electron chi connectivity index (χ2n) is 2.27. The zero-order valence-corrected chi connectivity index (χ0v) is 7.15. The number of anilines is 1. The molecule has 80 valence electrons. The quantitative estimate of drug-likeness (QED) is 0.477. The van der Waals surface area contributed by atoms with Gasteiger partial charge in [0.15, 0.2) is 5.82 Å². The molecular formula is C6H6N4O5. The second kappa shape index (κ2) is 4.09. The number of nitrogens with one attached hydrogen (secondary N) is 1. The second-order valence-corrected chi connectivity index (χ2v) is 2.27. The van der Waals surface area contributed by atoms with Crippen molar-refractivity contribution in [1.82, 2.24) is 9.71 Å². The van der Waals surface area contributed by atoms with E-state index in [1.165, 1.54) is 0 Å². The molecule has 0 saturated heterocycles. The van der Waals surface area contributed by atoms with Crippen molar-refractivity contribution < 1.29 is 25.0 Å². The van der Waals surface area contributed by atoms with Crippen molar-refractivity contribution in [3.8, 4) is 0 Å². The Morgan fingerprint density at radius 3 is 2.67 bits per heavy atom. The van der Waals surface area contributed by atoms with E-state index >= 15 is 0 Å². The Kier molecular flexibility index (Phi) is 2.86. The normalized spacial score (nSPS) is 11.1. The summed E-state index contributed by atoms with van der Waals surface area (Å²) in [5.74, 6) is -0.266. The maximum atomic E-state index is 10.3. The SMILES string of the molecule is O=C(O)N=c1nccc(NC(=O)O)n1O. The van der Waals surface area contributed by atoms with Crippen LogP contribution in [0.4, 0.5) is 15.4 Å². The molecular weight excluding hydrogens is 208 g/mol. The van der Waals surface area contributed by atoms with E-state index in [1.807, 2.05) is 5.32 Å². The van der Waals surface area contributed by atoms with Crippen molar-refractivity contribution in [2.24, 2.45) is 4.99 Å². The fraction of sp³-hybridized carbons (Fsp3) is 0. The van der Waals surface area contributed by atoms with Crippen LogP contribution in [0.2, 0.25) is 0 Å². The summed E-state index contributed by atoms with van der Waals surface area (Å²) in [5, 5.41) is 27.7. The van der Waals surface area contributed by atoms with Crippen molar-refractivity contribution in [2.75, 3.05) is 5.32 Å². The summed E-state index contributed by atoms with van der Waals surface area (Å²) in [6.07, 6.45) is -1.87. The van der Waals surface area contributed by atoms with E-state index in [0.29, 0.717) is 0 Å². The van der Waals surface area contributed by atoms with Crippen molar-refractivity contribution in [1.29, 1.82) is 0 Å². The third-order valence-corrected chi connectivity index (χ3v) is 1.27. The minimum absolute atomic E-state index is 0.211. The number of hydrogen-bond donors (Lipinski definition) is 4. The van der Waals surface area contributed by atoms with Crippen molar-refractivity contribution in [3.63, 3.8) is 0 Å². The predicted octanol–water partition coefficient (Wildman–Crippen LogP) is -0.211. The average Bonchev–Trinajstić information content (AvgIpc) is 2.10. The third-order valence-electron chi connectivity index (χ3n) is 1.27. The number of amides is 2. The topological polar surface area (TPSA) is 137 Å². The van der Waals surface area contributed by atoms with Gasteiger partial charge in [-0.15, -0.1) is 9.72 Å². The summed E-state index contributed by atoms with van der Waals surface area (Å²) in [5.41, 5.74) is -0.547. The number of carbonyl (C=O) groups is 2. The standard InChI is InChI=1S/C6H6N4O5/c11-5(12)8-3-1-2-7-4(10(3)15)9-6(13)14/h1-2,8,15H,(H,11,12)(H,13,14). The highest BCUT2D eigenvalue weighted by molar-refractivity contribution is 5.81. The zero-order valence-electron chi connectivity index (χ0n) is 7.15. The smallest absolute Gasteiger partial charge is 0.434 e. The van der Waals surface area contributed by atoms with Crippen LogP contribution >= 0.6 is 0 Å². The molecule has 2 amide bonds. The van der Waals surface area contributed by atoms with Gasteiger partial charge in [-0.3, -0.25) is 5.32 Å². The van der Waals surface area contributed by atoms with Gasteiger partial charge < -0.3 is 15.4 Å². The summed E-state index contributed by atoms with van der Waals surface area (Å²) < 4.78 is 0.211. The van der Waals surface area contributed by atoms with Gasteiger partial charge in [0.05, 0.1) is 0 Å². The molecule has 0 aliphatic heterocycles. The van der Waals surface area contributed by atoms with Crippen LogP contribution in [0.1, 0.15) is 0 Å². The Bertz CT molecular complexity index is 465. The van der Waals surface area contributed by atoms with E-state index in [1.54, 1.807) is 0 Å². The van der Waals surface area contributed by atoms with E-state index < -0.39 is 17.8 Å². The number of nitrogens with zero attached hydrogens (tertiary/aromatic N) is 3. The van der Waals surface area contributed by atoms with Gasteiger partial charge in [0.25, 0.3) is 5.62 Å². The van der Waals surface area contributed by atoms with Crippen LogP contribution in [0, 0.1) is 0 Å². The van der Waals surface area contributed by atoms with Crippen molar-refractivity contribution >= 4 is 18.0 Å². The molecule has 0 bridgehead atoms. The Hall–Kier alpha value is -2.58. The van der Waals surface area contributed by atoms with Gasteiger partial charge >= 0.3 is 12.2 Å². The molecule has 0 saturated carbocycles. The highest BCUT2D eigenvalue weighted by Gasteiger charge is 2.05. The number of rotatable bonds is 1. The van der Waals surface area contributed by atoms with Gasteiger partial charge in [0.2, 0.25) is 0 Å². The van der Waals surface area contributed by atoms with E-state index in [4.69, 9.17) is 10.2 Å². The first-order valence-electron chi connectivity index (χ1n) is 3.55. The number of carboxylic acid groups (broad SMARTS) is 2. The molecule has 15 heavy (non-hydrogen) atoms. The molecule has 0 aromatic carbocycles. The molecule has 0 aliphatic carbocycles. The monoisotopic (exact) mass is 214 g/mol. The molecule has 0 spiro atoms. The maximum absolute atomic E-state index is 10.3. The lowest BCUT2D eigenvalue weighted by Crippen LogP contribution is -2.27. The zero-order chi connectivity index (χ0) is 11.4. The molecule has 4 N–H and O–H groups in total. The van der Waals surface area contributed by atoms with Crippen molar-refractivity contribution in [2.45, 2.75) is 0 Å². The Morgan fingerprint density at radius 1 is 1.47 bits per heavy atom. The van der Waals surface area contributed by atoms with Crippen LogP contribution in [0.5, 0.6) is 0 Å². The first-order valence-corrected chi connectivity index (χ1v) is 3.55. The summed E-state index contributed by atoms with van der Waals surface area (Å²) >= 11 is 0. The first-order chi connectivity index (χ1) is 7.00. The minimum atomic E-state index is -1.56. The summed E-state index contributed by atoms with van der Waals surface area (Å²) in [4.78, 5) is 26.8. The van der Waals surface area contributed by atoms with Gasteiger partial charge in [-0.2, -0.15) is 0 Å². The number of hydrogen-bond acceptors (Lipinski definition) is 4. The average molecular weight is 214 g/mol. The van der Waals surface area contributed by atoms with Gasteiger partial charge in [-0.1, -0.05) is 0 Å². The van der Waals surface area contributed by atoms with E-state index in [-0.39, 0.29) is 10.5 Å². The molecule has 1 aromatic rings. The molecule has 1 heterocycles. The highest BCUT2D eigenvalue weighted by atomic mass is 16.5. The lowest BCUT2D eigenvalue weighted by molar-refractivity contribution is 0.166. The van der Waals surface area contributed by atoms with Gasteiger partial charge in [-0.25, -0.2) is 14.6 Å². The minimum Gasteiger partial charge on any atom is -0.465 e. The molecule has 0 radical (unpaired) electrons. The molecule has 0 unspecified atom stereocenters. The fourth-order valence-corrected chi connectivity index (χ4v) is 0.774. The summed E-state index contributed by atoms with van der Waals surface area (Å²) in [6, 6.07) is 1.13. The lowest BCUT2D eigenvalue weighted by atomic mass is 10.6.